The summed E-state index contributed by atoms with van der Waals surface area (Å²) >= 11 is 8.13. The number of rotatable bonds is 3. The molecule has 1 saturated heterocycles. The molecule has 3 rings (SSSR count). The van der Waals surface area contributed by atoms with Crippen LogP contribution in [0.3, 0.4) is 0 Å². The second kappa shape index (κ2) is 6.27. The first-order valence-corrected chi connectivity index (χ1v) is 8.65. The van der Waals surface area contributed by atoms with Crippen molar-refractivity contribution in [2.75, 3.05) is 4.90 Å². The van der Waals surface area contributed by atoms with Gasteiger partial charge >= 0.3 is 0 Å². The number of carboxylic acids is 1. The molecule has 0 unspecified atom stereocenters. The van der Waals surface area contributed by atoms with Gasteiger partial charge in [0.1, 0.15) is 0 Å². The monoisotopic (exact) mass is 360 g/mol. The average Bonchev–Trinajstić information content (AvgIpc) is 3.03. The molecule has 2 aromatic rings. The Hall–Kier alpha value is -1.96. The van der Waals surface area contributed by atoms with Gasteiger partial charge in [-0.05, 0) is 42.8 Å². The second-order valence-electron chi connectivity index (χ2n) is 4.80. The molecule has 0 bridgehead atoms. The van der Waals surface area contributed by atoms with E-state index in [1.165, 1.54) is 33.7 Å². The van der Waals surface area contributed by atoms with E-state index >= 15 is 0 Å². The van der Waals surface area contributed by atoms with Gasteiger partial charge in [-0.3, -0.25) is 9.69 Å². The minimum Gasteiger partial charge on any atom is -0.545 e. The number of hydrogen-bond donors (Lipinski definition) is 0. The van der Waals surface area contributed by atoms with E-state index < -0.39 is 5.97 Å². The van der Waals surface area contributed by atoms with Crippen LogP contribution < -0.4 is 10.0 Å². The summed E-state index contributed by atoms with van der Waals surface area (Å²) in [6, 6.07) is 9.85. The molecule has 2 heterocycles. The maximum absolute atomic E-state index is 12.6. The Morgan fingerprint density at radius 3 is 2.48 bits per heavy atom. The largest absolute Gasteiger partial charge is 0.545 e. The first kappa shape index (κ1) is 15.9. The Labute approximate surface area is 146 Å². The zero-order chi connectivity index (χ0) is 16.6. The number of thiophene rings is 1. The van der Waals surface area contributed by atoms with Gasteiger partial charge in [0.05, 0.1) is 16.6 Å². The van der Waals surface area contributed by atoms with Crippen LogP contribution >= 0.6 is 35.3 Å². The first-order valence-electron chi connectivity index (χ1n) is 6.61. The fraction of sp³-hybridized carbons (Fsp3) is 0.0625. The van der Waals surface area contributed by atoms with E-state index in [0.717, 1.165) is 4.88 Å². The normalized spacial score (nSPS) is 16.4. The molecule has 1 aromatic heterocycles. The minimum atomic E-state index is -1.25. The molecule has 1 aliphatic rings. The molecule has 0 radical (unpaired) electrons. The van der Waals surface area contributed by atoms with Crippen LogP contribution in [0.5, 0.6) is 0 Å². The van der Waals surface area contributed by atoms with Gasteiger partial charge in [-0.1, -0.05) is 36.1 Å². The zero-order valence-electron chi connectivity index (χ0n) is 11.9. The fourth-order valence-electron chi connectivity index (χ4n) is 2.10. The van der Waals surface area contributed by atoms with E-state index in [1.54, 1.807) is 23.5 Å². The van der Waals surface area contributed by atoms with E-state index in [-0.39, 0.29) is 11.5 Å². The highest BCUT2D eigenvalue weighted by molar-refractivity contribution is 8.27. The molecule has 1 aliphatic heterocycles. The lowest BCUT2D eigenvalue weighted by Gasteiger charge is -2.15. The molecule has 0 N–H and O–H groups in total. The predicted molar refractivity (Wildman–Crippen MR) is 95.5 cm³/mol. The minimum absolute atomic E-state index is 0.0591. The lowest BCUT2D eigenvalue weighted by Crippen LogP contribution is -2.28. The van der Waals surface area contributed by atoms with E-state index in [4.69, 9.17) is 12.2 Å². The van der Waals surface area contributed by atoms with E-state index in [1.807, 2.05) is 25.1 Å². The maximum atomic E-state index is 12.6. The highest BCUT2D eigenvalue weighted by atomic mass is 32.2. The van der Waals surface area contributed by atoms with Gasteiger partial charge in [-0.2, -0.15) is 0 Å². The van der Waals surface area contributed by atoms with Crippen LogP contribution in [-0.4, -0.2) is 16.2 Å². The molecule has 23 heavy (non-hydrogen) atoms. The summed E-state index contributed by atoms with van der Waals surface area (Å²) in [4.78, 5) is 27.5. The van der Waals surface area contributed by atoms with Crippen LogP contribution in [0.15, 0.2) is 41.3 Å². The molecule has 116 valence electrons. The number of aromatic carboxylic acids is 1. The Balaban J connectivity index is 1.89. The Kier molecular flexibility index (Phi) is 4.34. The van der Waals surface area contributed by atoms with Gasteiger partial charge < -0.3 is 9.90 Å². The Morgan fingerprint density at radius 1 is 1.22 bits per heavy atom. The summed E-state index contributed by atoms with van der Waals surface area (Å²) < 4.78 is 0.427. The number of thioether (sulfide) groups is 1. The number of carbonyl (C=O) groups is 2. The summed E-state index contributed by atoms with van der Waals surface area (Å²) in [6.07, 6.45) is 1.83. The number of aryl methyl sites for hydroxylation is 1. The smallest absolute Gasteiger partial charge is 0.270 e. The number of nitrogens with zero attached hydrogens (tertiary/aromatic N) is 1. The van der Waals surface area contributed by atoms with Crippen molar-refractivity contribution in [3.05, 3.63) is 56.6 Å². The number of thiocarbonyl (C=S) groups is 1. The van der Waals surface area contributed by atoms with Crippen LogP contribution in [0, 0.1) is 6.92 Å². The van der Waals surface area contributed by atoms with Crippen LogP contribution in [0.1, 0.15) is 20.1 Å². The molecule has 0 spiro atoms. The molecule has 0 saturated carbocycles. The van der Waals surface area contributed by atoms with Crippen molar-refractivity contribution >= 4 is 63.3 Å². The van der Waals surface area contributed by atoms with Gasteiger partial charge in [-0.25, -0.2) is 0 Å². The van der Waals surface area contributed by atoms with Crippen molar-refractivity contribution < 1.29 is 14.7 Å². The quantitative estimate of drug-likeness (QED) is 0.622. The van der Waals surface area contributed by atoms with E-state index in [2.05, 4.69) is 0 Å². The predicted octanol–water partition coefficient (Wildman–Crippen LogP) is 2.83. The van der Waals surface area contributed by atoms with Crippen molar-refractivity contribution in [1.29, 1.82) is 0 Å². The van der Waals surface area contributed by atoms with Gasteiger partial charge in [0.25, 0.3) is 5.91 Å². The van der Waals surface area contributed by atoms with E-state index in [0.29, 0.717) is 14.9 Å². The summed E-state index contributed by atoms with van der Waals surface area (Å²) in [5.74, 6) is -1.46. The number of amides is 1. The van der Waals surface area contributed by atoms with Crippen LogP contribution in [0.4, 0.5) is 5.69 Å². The SMILES string of the molecule is Cc1ccc(/C=C2\SC(=S)N(c3ccc(C(=O)[O-])cc3)C2=O)s1. The number of benzene rings is 1. The van der Waals surface area contributed by atoms with Crippen molar-refractivity contribution in [3.63, 3.8) is 0 Å². The number of carbonyl (C=O) groups excluding carboxylic acids is 2. The van der Waals surface area contributed by atoms with Crippen LogP contribution in [0.2, 0.25) is 0 Å². The Morgan fingerprint density at radius 2 is 1.91 bits per heavy atom. The maximum Gasteiger partial charge on any atom is 0.270 e. The van der Waals surface area contributed by atoms with Gasteiger partial charge in [0.2, 0.25) is 0 Å². The summed E-state index contributed by atoms with van der Waals surface area (Å²) in [5, 5.41) is 10.8. The van der Waals surface area contributed by atoms with Crippen LogP contribution in [0.25, 0.3) is 6.08 Å². The average molecular weight is 360 g/mol. The third-order valence-corrected chi connectivity index (χ3v) is 5.44. The molecule has 4 nitrogen and oxygen atoms in total. The van der Waals surface area contributed by atoms with Crippen molar-refractivity contribution in [1.82, 2.24) is 0 Å². The lowest BCUT2D eigenvalue weighted by atomic mass is 10.2. The van der Waals surface area contributed by atoms with Gasteiger partial charge in [0, 0.05) is 9.75 Å². The van der Waals surface area contributed by atoms with Gasteiger partial charge in [-0.15, -0.1) is 11.3 Å². The number of hydrogen-bond acceptors (Lipinski definition) is 6. The molecule has 7 heteroatoms. The molecule has 1 aromatic carbocycles. The second-order valence-corrected chi connectivity index (χ2v) is 7.80. The highest BCUT2D eigenvalue weighted by Crippen LogP contribution is 2.36. The summed E-state index contributed by atoms with van der Waals surface area (Å²) in [5.41, 5.74) is 0.604. The zero-order valence-corrected chi connectivity index (χ0v) is 14.4. The molecular weight excluding hydrogens is 350 g/mol. The summed E-state index contributed by atoms with van der Waals surface area (Å²) in [7, 11) is 0. The highest BCUT2D eigenvalue weighted by Gasteiger charge is 2.33. The standard InChI is InChI=1S/C16H11NO3S3/c1-9-2-7-12(22-9)8-13-14(18)17(16(21)23-13)11-5-3-10(4-6-11)15(19)20/h2-8H,1H3,(H,19,20)/p-1/b13-8-. The molecule has 1 amide bonds. The van der Waals surface area contributed by atoms with Crippen molar-refractivity contribution in [3.8, 4) is 0 Å². The molecule has 0 atom stereocenters. The third kappa shape index (κ3) is 3.21. The first-order chi connectivity index (χ1) is 11.0. The number of carboxylic acid groups (broad SMARTS) is 1. The molecular formula is C16H10NO3S3-. The molecule has 1 fully saturated rings. The topological polar surface area (TPSA) is 60.4 Å². The number of anilines is 1. The Bertz CT molecular complexity index is 837. The third-order valence-electron chi connectivity index (χ3n) is 3.19. The summed E-state index contributed by atoms with van der Waals surface area (Å²) in [6.45, 7) is 2.01. The lowest BCUT2D eigenvalue weighted by molar-refractivity contribution is -0.255. The van der Waals surface area contributed by atoms with Crippen molar-refractivity contribution in [2.24, 2.45) is 0 Å². The molecule has 0 aliphatic carbocycles. The van der Waals surface area contributed by atoms with Crippen LogP contribution in [-0.2, 0) is 4.79 Å². The van der Waals surface area contributed by atoms with E-state index in [9.17, 15) is 14.7 Å². The van der Waals surface area contributed by atoms with Crippen molar-refractivity contribution in [2.45, 2.75) is 6.92 Å². The van der Waals surface area contributed by atoms with Gasteiger partial charge in [0.15, 0.2) is 4.32 Å². The fourth-order valence-corrected chi connectivity index (χ4v) is 4.28.